The second kappa shape index (κ2) is 9.68. The Hall–Kier alpha value is -2.41. The number of nitrogens with one attached hydrogen (secondary N) is 3. The maximum absolute atomic E-state index is 12.4. The van der Waals surface area contributed by atoms with E-state index in [2.05, 4.69) is 17.4 Å². The number of para-hydroxylation sites is 1. The summed E-state index contributed by atoms with van der Waals surface area (Å²) >= 11 is 5.94. The van der Waals surface area contributed by atoms with Crippen molar-refractivity contribution in [2.24, 2.45) is 0 Å². The minimum absolute atomic E-state index is 0.0903. The number of carbonyl (C=O) groups excluding carboxylic acids is 2. The van der Waals surface area contributed by atoms with Crippen LogP contribution in [0.3, 0.4) is 0 Å². The monoisotopic (exact) mass is 403 g/mol. The summed E-state index contributed by atoms with van der Waals surface area (Å²) in [6.07, 6.45) is 0. The van der Waals surface area contributed by atoms with E-state index >= 15 is 0 Å². The zero-order chi connectivity index (χ0) is 19.9. The molecule has 28 heavy (non-hydrogen) atoms. The number of benzene rings is 2. The molecule has 0 saturated carbocycles. The van der Waals surface area contributed by atoms with Crippen molar-refractivity contribution in [3.8, 4) is 0 Å². The van der Waals surface area contributed by atoms with E-state index < -0.39 is 5.97 Å². The van der Waals surface area contributed by atoms with Gasteiger partial charge in [0, 0.05) is 10.6 Å². The van der Waals surface area contributed by atoms with Crippen molar-refractivity contribution >= 4 is 29.2 Å². The number of amides is 1. The van der Waals surface area contributed by atoms with Crippen molar-refractivity contribution < 1.29 is 24.1 Å². The molecule has 0 aromatic heterocycles. The molecule has 1 aliphatic heterocycles. The third-order valence-corrected chi connectivity index (χ3v) is 5.30. The molecule has 0 aliphatic carbocycles. The van der Waals surface area contributed by atoms with Crippen LogP contribution in [0.25, 0.3) is 0 Å². The number of rotatable bonds is 6. The summed E-state index contributed by atoms with van der Waals surface area (Å²) in [5.74, 6) is -0.546. The first kappa shape index (κ1) is 20.3. The van der Waals surface area contributed by atoms with Crippen LogP contribution in [0.15, 0.2) is 48.5 Å². The summed E-state index contributed by atoms with van der Waals surface area (Å²) in [6, 6.07) is 14.9. The lowest BCUT2D eigenvalue weighted by molar-refractivity contribution is -1.02. The van der Waals surface area contributed by atoms with Gasteiger partial charge in [0.2, 0.25) is 0 Å². The summed E-state index contributed by atoms with van der Waals surface area (Å²) in [7, 11) is 1.33. The van der Waals surface area contributed by atoms with Crippen LogP contribution in [0.4, 0.5) is 5.69 Å². The fourth-order valence-corrected chi connectivity index (χ4v) is 3.63. The van der Waals surface area contributed by atoms with E-state index in [1.807, 2.05) is 12.1 Å². The van der Waals surface area contributed by atoms with E-state index in [9.17, 15) is 9.59 Å². The fourth-order valence-electron chi connectivity index (χ4n) is 3.50. The highest BCUT2D eigenvalue weighted by Gasteiger charge is 2.25. The molecule has 3 N–H and O–H groups in total. The van der Waals surface area contributed by atoms with Gasteiger partial charge in [-0.05, 0) is 24.3 Å². The lowest BCUT2D eigenvalue weighted by atomic mass is 10.1. The van der Waals surface area contributed by atoms with Crippen molar-refractivity contribution in [3.63, 3.8) is 0 Å². The molecule has 148 valence electrons. The topological polar surface area (TPSA) is 64.3 Å². The molecule has 1 saturated heterocycles. The summed E-state index contributed by atoms with van der Waals surface area (Å²) in [4.78, 5) is 27.0. The predicted octanol–water partition coefficient (Wildman–Crippen LogP) is 0.0487. The number of anilines is 1. The van der Waals surface area contributed by atoms with Gasteiger partial charge in [0.15, 0.2) is 6.54 Å². The Morgan fingerprint density at radius 1 is 1.00 bits per heavy atom. The molecule has 1 amide bonds. The van der Waals surface area contributed by atoms with Crippen LogP contribution in [-0.4, -0.2) is 51.7 Å². The number of carbonyl (C=O) groups is 2. The summed E-state index contributed by atoms with van der Waals surface area (Å²) in [5.41, 5.74) is 2.14. The second-order valence-corrected chi connectivity index (χ2v) is 7.50. The number of quaternary nitrogens is 2. The Morgan fingerprint density at radius 2 is 1.64 bits per heavy atom. The zero-order valence-corrected chi connectivity index (χ0v) is 16.7. The van der Waals surface area contributed by atoms with Crippen LogP contribution in [0.1, 0.15) is 15.9 Å². The smallest absolute Gasteiger partial charge is 0.339 e. The second-order valence-electron chi connectivity index (χ2n) is 7.07. The van der Waals surface area contributed by atoms with Gasteiger partial charge in [0.05, 0.1) is 18.4 Å². The van der Waals surface area contributed by atoms with Gasteiger partial charge in [0.1, 0.15) is 32.7 Å². The van der Waals surface area contributed by atoms with E-state index in [-0.39, 0.29) is 5.91 Å². The largest absolute Gasteiger partial charge is 0.465 e. The molecule has 1 fully saturated rings. The van der Waals surface area contributed by atoms with Crippen molar-refractivity contribution in [3.05, 3.63) is 64.7 Å². The first-order valence-corrected chi connectivity index (χ1v) is 9.81. The number of methoxy groups -OCH3 is 1. The lowest BCUT2D eigenvalue weighted by Gasteiger charge is -2.29. The molecule has 1 heterocycles. The minimum Gasteiger partial charge on any atom is -0.465 e. The molecule has 7 heteroatoms. The summed E-state index contributed by atoms with van der Waals surface area (Å²) in [5, 5.41) is 3.61. The molecule has 0 spiro atoms. The Bertz CT molecular complexity index is 818. The van der Waals surface area contributed by atoms with Crippen LogP contribution in [0, 0.1) is 0 Å². The maximum atomic E-state index is 12.4. The Kier molecular flexibility index (Phi) is 7.03. The minimum atomic E-state index is -0.456. The molecule has 2 aromatic carbocycles. The third kappa shape index (κ3) is 5.55. The van der Waals surface area contributed by atoms with E-state index in [4.69, 9.17) is 16.3 Å². The van der Waals surface area contributed by atoms with E-state index in [1.165, 1.54) is 22.5 Å². The van der Waals surface area contributed by atoms with Crippen LogP contribution in [-0.2, 0) is 16.1 Å². The van der Waals surface area contributed by atoms with E-state index in [0.29, 0.717) is 17.8 Å². The Labute approximate surface area is 170 Å². The van der Waals surface area contributed by atoms with Gasteiger partial charge in [-0.1, -0.05) is 35.9 Å². The number of esters is 1. The molecule has 0 unspecified atom stereocenters. The molecule has 2 aromatic rings. The molecule has 0 bridgehead atoms. The van der Waals surface area contributed by atoms with Crippen molar-refractivity contribution in [2.75, 3.05) is 45.2 Å². The van der Waals surface area contributed by atoms with Gasteiger partial charge >= 0.3 is 5.97 Å². The average molecular weight is 404 g/mol. The standard InChI is InChI=1S/C21H24ClN3O3/c1-28-21(27)18-4-2-3-5-19(18)23-20(26)15-25-12-10-24(11-13-25)14-16-6-8-17(22)9-7-16/h2-9H,10-15H2,1H3,(H,23,26)/p+2. The molecule has 0 radical (unpaired) electrons. The number of halogens is 1. The highest BCUT2D eigenvalue weighted by atomic mass is 35.5. The zero-order valence-electron chi connectivity index (χ0n) is 16.0. The molecular formula is C21H26ClN3O3+2. The van der Waals surface area contributed by atoms with Crippen molar-refractivity contribution in [2.45, 2.75) is 6.54 Å². The fraction of sp³-hybridized carbons (Fsp3) is 0.333. The number of hydrogen-bond donors (Lipinski definition) is 3. The molecule has 1 aliphatic rings. The Balaban J connectivity index is 1.48. The molecule has 6 nitrogen and oxygen atoms in total. The van der Waals surface area contributed by atoms with Gasteiger partial charge in [0.25, 0.3) is 5.91 Å². The number of ether oxygens (including phenoxy) is 1. The predicted molar refractivity (Wildman–Crippen MR) is 108 cm³/mol. The third-order valence-electron chi connectivity index (χ3n) is 5.05. The lowest BCUT2D eigenvalue weighted by Crippen LogP contribution is -3.28. The van der Waals surface area contributed by atoms with Crippen LogP contribution in [0.5, 0.6) is 0 Å². The molecule has 3 rings (SSSR count). The van der Waals surface area contributed by atoms with Crippen molar-refractivity contribution in [1.29, 1.82) is 0 Å². The van der Waals surface area contributed by atoms with Gasteiger partial charge < -0.3 is 19.9 Å². The normalized spacial score (nSPS) is 19.1. The first-order valence-electron chi connectivity index (χ1n) is 9.44. The molecule has 0 atom stereocenters. The number of hydrogen-bond acceptors (Lipinski definition) is 3. The highest BCUT2D eigenvalue weighted by Crippen LogP contribution is 2.15. The SMILES string of the molecule is COC(=O)c1ccccc1NC(=O)C[NH+]1CC[NH+](Cc2ccc(Cl)cc2)CC1. The maximum Gasteiger partial charge on any atom is 0.339 e. The van der Waals surface area contributed by atoms with Gasteiger partial charge in [-0.3, -0.25) is 4.79 Å². The first-order chi connectivity index (χ1) is 13.5. The van der Waals surface area contributed by atoms with Crippen LogP contribution in [0.2, 0.25) is 5.02 Å². The van der Waals surface area contributed by atoms with Gasteiger partial charge in [-0.25, -0.2) is 4.79 Å². The quantitative estimate of drug-likeness (QED) is 0.597. The molecular weight excluding hydrogens is 378 g/mol. The Morgan fingerprint density at radius 3 is 2.32 bits per heavy atom. The van der Waals surface area contributed by atoms with E-state index in [1.54, 1.807) is 24.3 Å². The van der Waals surface area contributed by atoms with E-state index in [0.717, 1.165) is 37.7 Å². The highest BCUT2D eigenvalue weighted by molar-refractivity contribution is 6.30. The van der Waals surface area contributed by atoms with Gasteiger partial charge in [-0.2, -0.15) is 0 Å². The van der Waals surface area contributed by atoms with Crippen molar-refractivity contribution in [1.82, 2.24) is 0 Å². The van der Waals surface area contributed by atoms with Crippen LogP contribution < -0.4 is 15.1 Å². The van der Waals surface area contributed by atoms with Crippen LogP contribution >= 0.6 is 11.6 Å². The average Bonchev–Trinajstić information content (AvgIpc) is 2.71. The number of piperazine rings is 1. The summed E-state index contributed by atoms with van der Waals surface area (Å²) in [6.45, 7) is 5.28. The summed E-state index contributed by atoms with van der Waals surface area (Å²) < 4.78 is 4.77. The van der Waals surface area contributed by atoms with Gasteiger partial charge in [-0.15, -0.1) is 0 Å².